The van der Waals surface area contributed by atoms with Gasteiger partial charge in [-0.3, -0.25) is 4.79 Å². The number of esters is 2. The van der Waals surface area contributed by atoms with Gasteiger partial charge in [0, 0.05) is 23.2 Å². The molecule has 10 unspecified atom stereocenters. The highest BCUT2D eigenvalue weighted by molar-refractivity contribution is 6.08. The van der Waals surface area contributed by atoms with Crippen LogP contribution in [-0.2, 0) is 23.9 Å². The SMILES string of the molecule is C=C1C2C3CC4C2C(=O)C25C6C=CC(C(C(=O)OC)=C6C(=O)OC)C12C3C45. The number of ketones is 1. The molecule has 0 aliphatic heterocycles. The topological polar surface area (TPSA) is 69.7 Å². The number of rotatable bonds is 2. The highest BCUT2D eigenvalue weighted by atomic mass is 16.5. The van der Waals surface area contributed by atoms with Crippen LogP contribution in [0.2, 0.25) is 0 Å². The van der Waals surface area contributed by atoms with E-state index in [-0.39, 0.29) is 29.1 Å². The highest BCUT2D eigenvalue weighted by Gasteiger charge is 2.97. The summed E-state index contributed by atoms with van der Waals surface area (Å²) in [6, 6.07) is 0. The number of ether oxygens (including phenoxy) is 2. The van der Waals surface area contributed by atoms with Crippen molar-refractivity contribution in [1.29, 1.82) is 0 Å². The number of carbonyl (C=O) groups is 3. The molecule has 5 fully saturated rings. The van der Waals surface area contributed by atoms with Crippen molar-refractivity contribution in [3.63, 3.8) is 0 Å². The number of allylic oxidation sites excluding steroid dienone is 3. The van der Waals surface area contributed by atoms with Crippen molar-refractivity contribution in [2.75, 3.05) is 14.2 Å². The Bertz CT molecular complexity index is 911. The molecule has 0 radical (unpaired) electrons. The first-order valence-corrected chi connectivity index (χ1v) is 9.82. The molecule has 8 aliphatic rings. The molecule has 138 valence electrons. The lowest BCUT2D eigenvalue weighted by atomic mass is 9.27. The standard InChI is InChI=1S/C22H20O5/c1-7-12-8-6-9-13(12)18(23)22-11-5-4-10(21(7,22)16(8)17(9)22)14(19(24)26-2)15(11)20(25)27-3/h4-5,8-13,16-17H,1,6H2,2-3H3. The summed E-state index contributed by atoms with van der Waals surface area (Å²) >= 11 is 0. The maximum atomic E-state index is 13.8. The van der Waals surface area contributed by atoms with E-state index in [9.17, 15) is 14.4 Å². The number of carbonyl (C=O) groups excluding carboxylic acids is 3. The molecular formula is C22H20O5. The molecule has 0 aromatic heterocycles. The lowest BCUT2D eigenvalue weighted by Crippen LogP contribution is -2.74. The molecule has 0 N–H and O–H groups in total. The summed E-state index contributed by atoms with van der Waals surface area (Å²) < 4.78 is 10.1. The van der Waals surface area contributed by atoms with Crippen LogP contribution in [0.1, 0.15) is 6.42 Å². The van der Waals surface area contributed by atoms with Gasteiger partial charge in [-0.1, -0.05) is 24.3 Å². The van der Waals surface area contributed by atoms with E-state index in [0.29, 0.717) is 40.6 Å². The Morgan fingerprint density at radius 3 is 2.07 bits per heavy atom. The third kappa shape index (κ3) is 0.977. The van der Waals surface area contributed by atoms with Gasteiger partial charge in [0.2, 0.25) is 0 Å². The van der Waals surface area contributed by atoms with Gasteiger partial charge in [-0.25, -0.2) is 9.59 Å². The summed E-state index contributed by atoms with van der Waals surface area (Å²) in [6.45, 7) is 4.53. The van der Waals surface area contributed by atoms with Crippen molar-refractivity contribution in [3.8, 4) is 0 Å². The van der Waals surface area contributed by atoms with Crippen molar-refractivity contribution in [1.82, 2.24) is 0 Å². The summed E-state index contributed by atoms with van der Waals surface area (Å²) in [6.07, 6.45) is 5.16. The molecule has 8 rings (SSSR count). The Morgan fingerprint density at radius 2 is 1.48 bits per heavy atom. The van der Waals surface area contributed by atoms with E-state index in [1.54, 1.807) is 0 Å². The largest absolute Gasteiger partial charge is 0.466 e. The Balaban J connectivity index is 1.59. The Morgan fingerprint density at radius 1 is 0.963 bits per heavy atom. The minimum atomic E-state index is -0.577. The van der Waals surface area contributed by atoms with Gasteiger partial charge in [-0.2, -0.15) is 0 Å². The van der Waals surface area contributed by atoms with Crippen molar-refractivity contribution in [2.24, 2.45) is 58.2 Å². The predicted molar refractivity (Wildman–Crippen MR) is 91.7 cm³/mol. The molecule has 8 aliphatic carbocycles. The van der Waals surface area contributed by atoms with Gasteiger partial charge < -0.3 is 9.47 Å². The van der Waals surface area contributed by atoms with Gasteiger partial charge in [-0.15, -0.1) is 0 Å². The van der Waals surface area contributed by atoms with Gasteiger partial charge >= 0.3 is 11.9 Å². The van der Waals surface area contributed by atoms with Crippen molar-refractivity contribution in [3.05, 3.63) is 35.5 Å². The molecule has 27 heavy (non-hydrogen) atoms. The minimum absolute atomic E-state index is 0.0904. The maximum absolute atomic E-state index is 13.8. The normalized spacial score (nSPS) is 56.1. The second kappa shape index (κ2) is 3.85. The van der Waals surface area contributed by atoms with E-state index < -0.39 is 17.4 Å². The van der Waals surface area contributed by atoms with Crippen molar-refractivity contribution in [2.45, 2.75) is 6.42 Å². The summed E-state index contributed by atoms with van der Waals surface area (Å²) in [5.41, 5.74) is 0.986. The fourth-order valence-corrected chi connectivity index (χ4v) is 9.83. The minimum Gasteiger partial charge on any atom is -0.466 e. The molecule has 0 saturated heterocycles. The lowest BCUT2D eigenvalue weighted by Gasteiger charge is -2.73. The van der Waals surface area contributed by atoms with E-state index in [1.165, 1.54) is 19.8 Å². The zero-order valence-electron chi connectivity index (χ0n) is 15.2. The third-order valence-electron chi connectivity index (χ3n) is 9.74. The summed E-state index contributed by atoms with van der Waals surface area (Å²) in [7, 11) is 2.67. The van der Waals surface area contributed by atoms with Crippen molar-refractivity contribution < 1.29 is 23.9 Å². The average molecular weight is 364 g/mol. The van der Waals surface area contributed by atoms with Crippen LogP contribution in [0.4, 0.5) is 0 Å². The molecule has 4 bridgehead atoms. The Kier molecular flexibility index (Phi) is 2.11. The zero-order valence-corrected chi connectivity index (χ0v) is 15.2. The summed E-state index contributed by atoms with van der Waals surface area (Å²) in [4.78, 5) is 39.4. The molecule has 0 amide bonds. The van der Waals surface area contributed by atoms with Gasteiger partial charge in [0.25, 0.3) is 0 Å². The molecule has 2 spiro atoms. The van der Waals surface area contributed by atoms with Crippen LogP contribution < -0.4 is 0 Å². The molecule has 10 atom stereocenters. The number of hydrogen-bond acceptors (Lipinski definition) is 5. The van der Waals surface area contributed by atoms with Gasteiger partial charge in [0.15, 0.2) is 0 Å². The van der Waals surface area contributed by atoms with E-state index in [0.717, 1.165) is 6.42 Å². The van der Waals surface area contributed by atoms with Gasteiger partial charge in [0.05, 0.1) is 30.8 Å². The van der Waals surface area contributed by atoms with E-state index in [1.807, 2.05) is 6.08 Å². The predicted octanol–water partition coefficient (Wildman–Crippen LogP) is 1.70. The van der Waals surface area contributed by atoms with Crippen LogP contribution in [0.15, 0.2) is 35.5 Å². The number of fused-ring (bicyclic) bond motifs is 1. The molecular weight excluding hydrogens is 344 g/mol. The summed E-state index contributed by atoms with van der Waals surface area (Å²) in [5, 5.41) is 0. The molecule has 5 nitrogen and oxygen atoms in total. The number of hydrogen-bond donors (Lipinski definition) is 0. The number of methoxy groups -OCH3 is 2. The van der Waals surface area contributed by atoms with Crippen LogP contribution in [-0.4, -0.2) is 31.9 Å². The lowest BCUT2D eigenvalue weighted by molar-refractivity contribution is -0.206. The van der Waals surface area contributed by atoms with E-state index >= 15 is 0 Å². The molecule has 0 aromatic carbocycles. The second-order valence-corrected chi connectivity index (χ2v) is 9.44. The van der Waals surface area contributed by atoms with Crippen LogP contribution in [0.5, 0.6) is 0 Å². The third-order valence-corrected chi connectivity index (χ3v) is 9.74. The Hall–Kier alpha value is -2.17. The quantitative estimate of drug-likeness (QED) is 0.551. The van der Waals surface area contributed by atoms with Crippen LogP contribution in [0, 0.1) is 58.2 Å². The molecule has 5 heteroatoms. The fourth-order valence-electron chi connectivity index (χ4n) is 9.83. The maximum Gasteiger partial charge on any atom is 0.334 e. The van der Waals surface area contributed by atoms with Crippen molar-refractivity contribution >= 4 is 17.7 Å². The first-order valence-electron chi connectivity index (χ1n) is 9.82. The first-order chi connectivity index (χ1) is 13.0. The molecule has 0 aromatic rings. The fraction of sp³-hybridized carbons (Fsp3) is 0.591. The van der Waals surface area contributed by atoms with E-state index in [2.05, 4.69) is 12.7 Å². The highest BCUT2D eigenvalue weighted by Crippen LogP contribution is 2.97. The van der Waals surface area contributed by atoms with Crippen LogP contribution in [0.25, 0.3) is 0 Å². The summed E-state index contributed by atoms with van der Waals surface area (Å²) in [5.74, 6) is 0.787. The second-order valence-electron chi connectivity index (χ2n) is 9.44. The number of Topliss-reactive ketones (excluding diaryl/α,β-unsaturated/α-hetero) is 1. The van der Waals surface area contributed by atoms with E-state index in [4.69, 9.17) is 9.47 Å². The molecule has 5 saturated carbocycles. The Labute approximate surface area is 156 Å². The average Bonchev–Trinajstić information content (AvgIpc) is 3.22. The first kappa shape index (κ1) is 14.8. The molecule has 0 heterocycles. The van der Waals surface area contributed by atoms with Crippen LogP contribution in [0.3, 0.4) is 0 Å². The van der Waals surface area contributed by atoms with Gasteiger partial charge in [-0.05, 0) is 36.0 Å². The monoisotopic (exact) mass is 364 g/mol. The van der Waals surface area contributed by atoms with Gasteiger partial charge in [0.1, 0.15) is 5.78 Å². The van der Waals surface area contributed by atoms with Crippen LogP contribution >= 0.6 is 0 Å². The smallest absolute Gasteiger partial charge is 0.334 e. The zero-order chi connectivity index (χ0) is 18.6.